The fraction of sp³-hybridized carbons (Fsp3) is 0.419. The summed E-state index contributed by atoms with van der Waals surface area (Å²) >= 11 is 0. The molecule has 206 valence electrons. The third kappa shape index (κ3) is 5.47. The molecular formula is C31H31F3O5. The summed E-state index contributed by atoms with van der Waals surface area (Å²) in [4.78, 5) is 48.8. The predicted octanol–water partition coefficient (Wildman–Crippen LogP) is 6.10. The Morgan fingerprint density at radius 3 is 1.77 bits per heavy atom. The van der Waals surface area contributed by atoms with Crippen LogP contribution in [-0.4, -0.2) is 30.2 Å². The average molecular weight is 541 g/mol. The van der Waals surface area contributed by atoms with Crippen LogP contribution in [0, 0.1) is 31.6 Å². The van der Waals surface area contributed by atoms with Crippen molar-refractivity contribution in [3.63, 3.8) is 0 Å². The molecule has 2 aromatic rings. The molecule has 39 heavy (non-hydrogen) atoms. The predicted molar refractivity (Wildman–Crippen MR) is 139 cm³/mol. The van der Waals surface area contributed by atoms with E-state index in [1.807, 2.05) is 38.1 Å². The lowest BCUT2D eigenvalue weighted by atomic mass is 9.85. The van der Waals surface area contributed by atoms with Crippen molar-refractivity contribution < 1.29 is 37.1 Å². The number of carbonyl (C=O) groups is 4. The maximum absolute atomic E-state index is 12.7. The lowest BCUT2D eigenvalue weighted by Gasteiger charge is -2.16. The summed E-state index contributed by atoms with van der Waals surface area (Å²) in [6.45, 7) is 5.24. The largest absolute Gasteiger partial charge is 0.497 e. The molecule has 0 aliphatic heterocycles. The van der Waals surface area contributed by atoms with Crippen LogP contribution in [0.2, 0.25) is 0 Å². The van der Waals surface area contributed by atoms with Crippen LogP contribution in [0.25, 0.3) is 0 Å². The normalized spacial score (nSPS) is 26.4. The standard InChI is InChI=1S/C17H15F3O2.C14H16O3/c1-9-8-10(17(18,19)20)6-7-11(9)14-15(21)12-4-2-3-5-13(12)16(14)22;1-8-6-10(17-3)4-5-11(8)13-12(15)7-9(2)14(13)16/h2-3,6-8,12-14H,4-5H2,1H3;4-6,9,13H,7H2,1-3H3. The number of aryl methyl sites for hydroxylation is 2. The Kier molecular flexibility index (Phi) is 7.96. The number of benzene rings is 2. The number of methoxy groups -OCH3 is 1. The first-order chi connectivity index (χ1) is 18.3. The monoisotopic (exact) mass is 540 g/mol. The van der Waals surface area contributed by atoms with Gasteiger partial charge in [0.05, 0.1) is 12.7 Å². The number of hydrogen-bond donors (Lipinski definition) is 0. The van der Waals surface area contributed by atoms with Gasteiger partial charge in [-0.05, 0) is 73.2 Å². The van der Waals surface area contributed by atoms with Crippen LogP contribution in [0.1, 0.15) is 65.8 Å². The van der Waals surface area contributed by atoms with Crippen molar-refractivity contribution in [3.05, 3.63) is 76.4 Å². The molecule has 0 spiro atoms. The lowest BCUT2D eigenvalue weighted by molar-refractivity contribution is -0.137. The van der Waals surface area contributed by atoms with Gasteiger partial charge in [-0.3, -0.25) is 19.2 Å². The van der Waals surface area contributed by atoms with Crippen LogP contribution >= 0.6 is 0 Å². The molecule has 2 aromatic carbocycles. The summed E-state index contributed by atoms with van der Waals surface area (Å²) in [6, 6.07) is 8.72. The lowest BCUT2D eigenvalue weighted by Crippen LogP contribution is -2.18. The number of Topliss-reactive ketones (excluding diaryl/α,β-unsaturated/α-hetero) is 4. The Morgan fingerprint density at radius 2 is 1.31 bits per heavy atom. The summed E-state index contributed by atoms with van der Waals surface area (Å²) < 4.78 is 43.3. The highest BCUT2D eigenvalue weighted by molar-refractivity contribution is 6.16. The van der Waals surface area contributed by atoms with Gasteiger partial charge in [0.1, 0.15) is 23.4 Å². The van der Waals surface area contributed by atoms with Gasteiger partial charge in [0.25, 0.3) is 0 Å². The van der Waals surface area contributed by atoms with Gasteiger partial charge in [-0.2, -0.15) is 13.2 Å². The molecule has 0 N–H and O–H groups in total. The van der Waals surface area contributed by atoms with Crippen LogP contribution in [0.15, 0.2) is 48.6 Å². The second kappa shape index (κ2) is 10.9. The zero-order valence-corrected chi connectivity index (χ0v) is 22.3. The van der Waals surface area contributed by atoms with Gasteiger partial charge in [-0.25, -0.2) is 0 Å². The van der Waals surface area contributed by atoms with Gasteiger partial charge in [0.2, 0.25) is 0 Å². The molecule has 3 aliphatic carbocycles. The van der Waals surface area contributed by atoms with Crippen LogP contribution in [-0.2, 0) is 25.4 Å². The van der Waals surface area contributed by atoms with Crippen molar-refractivity contribution in [1.29, 1.82) is 0 Å². The molecule has 0 radical (unpaired) electrons. The number of ether oxygens (including phenoxy) is 1. The molecule has 4 unspecified atom stereocenters. The van der Waals surface area contributed by atoms with E-state index in [-0.39, 0.29) is 40.9 Å². The van der Waals surface area contributed by atoms with E-state index in [9.17, 15) is 32.3 Å². The Bertz CT molecular complexity index is 1330. The molecule has 4 atom stereocenters. The van der Waals surface area contributed by atoms with Crippen molar-refractivity contribution in [1.82, 2.24) is 0 Å². The molecule has 2 fully saturated rings. The summed E-state index contributed by atoms with van der Waals surface area (Å²) in [6.07, 6.45) is 0.833. The van der Waals surface area contributed by atoms with E-state index >= 15 is 0 Å². The van der Waals surface area contributed by atoms with E-state index < -0.39 is 23.6 Å². The van der Waals surface area contributed by atoms with Crippen LogP contribution in [0.3, 0.4) is 0 Å². The Hall–Kier alpha value is -3.55. The molecular weight excluding hydrogens is 509 g/mol. The molecule has 0 bridgehead atoms. The topological polar surface area (TPSA) is 77.5 Å². The molecule has 3 aliphatic rings. The highest BCUT2D eigenvalue weighted by Crippen LogP contribution is 2.43. The second-order valence-electron chi connectivity index (χ2n) is 10.6. The number of halogens is 3. The molecule has 0 amide bonds. The Labute approximate surface area is 225 Å². The minimum absolute atomic E-state index is 0.0377. The maximum Gasteiger partial charge on any atom is 0.416 e. The maximum atomic E-state index is 12.7. The van der Waals surface area contributed by atoms with E-state index in [1.165, 1.54) is 13.0 Å². The van der Waals surface area contributed by atoms with Crippen molar-refractivity contribution >= 4 is 23.1 Å². The zero-order valence-electron chi connectivity index (χ0n) is 22.3. The third-order valence-electron chi connectivity index (χ3n) is 8.03. The average Bonchev–Trinajstić information content (AvgIpc) is 3.29. The first-order valence-corrected chi connectivity index (χ1v) is 13.0. The number of ketones is 4. The van der Waals surface area contributed by atoms with Crippen LogP contribution < -0.4 is 4.74 Å². The van der Waals surface area contributed by atoms with Gasteiger partial charge in [0.15, 0.2) is 17.3 Å². The SMILES string of the molecule is COc1ccc(C2C(=O)CC(C)C2=O)c(C)c1.Cc1cc(C(F)(F)F)ccc1C1C(=O)C2CC=CCC2C1=O. The fourth-order valence-electron chi connectivity index (χ4n) is 5.88. The Morgan fingerprint density at radius 1 is 0.769 bits per heavy atom. The van der Waals surface area contributed by atoms with E-state index in [2.05, 4.69) is 0 Å². The van der Waals surface area contributed by atoms with Gasteiger partial charge in [-0.15, -0.1) is 0 Å². The number of fused-ring (bicyclic) bond motifs is 1. The van der Waals surface area contributed by atoms with Crippen LogP contribution in [0.5, 0.6) is 5.75 Å². The van der Waals surface area contributed by atoms with Crippen molar-refractivity contribution in [2.45, 2.75) is 58.0 Å². The number of carbonyl (C=O) groups excluding carboxylic acids is 4. The summed E-state index contributed by atoms with van der Waals surface area (Å²) in [5, 5.41) is 0. The summed E-state index contributed by atoms with van der Waals surface area (Å²) in [5.41, 5.74) is 1.76. The minimum atomic E-state index is -4.43. The van der Waals surface area contributed by atoms with Crippen LogP contribution in [0.4, 0.5) is 13.2 Å². The first-order valence-electron chi connectivity index (χ1n) is 13.0. The molecule has 0 saturated heterocycles. The quantitative estimate of drug-likeness (QED) is 0.348. The third-order valence-corrected chi connectivity index (χ3v) is 8.03. The van der Waals surface area contributed by atoms with Crippen molar-refractivity contribution in [2.24, 2.45) is 17.8 Å². The second-order valence-corrected chi connectivity index (χ2v) is 10.6. The first kappa shape index (κ1) is 28.5. The van der Waals surface area contributed by atoms with E-state index in [1.54, 1.807) is 13.2 Å². The molecule has 0 heterocycles. The molecule has 5 nitrogen and oxygen atoms in total. The zero-order chi connectivity index (χ0) is 28.6. The van der Waals surface area contributed by atoms with Gasteiger partial charge in [-0.1, -0.05) is 31.2 Å². The van der Waals surface area contributed by atoms with Crippen molar-refractivity contribution in [2.75, 3.05) is 7.11 Å². The van der Waals surface area contributed by atoms with E-state index in [4.69, 9.17) is 4.74 Å². The van der Waals surface area contributed by atoms with Crippen molar-refractivity contribution in [3.8, 4) is 5.75 Å². The summed E-state index contributed by atoms with van der Waals surface area (Å²) in [5.74, 6) is -1.71. The van der Waals surface area contributed by atoms with Gasteiger partial charge < -0.3 is 4.74 Å². The number of rotatable bonds is 3. The molecule has 5 rings (SSSR count). The molecule has 8 heteroatoms. The highest BCUT2D eigenvalue weighted by Gasteiger charge is 2.50. The highest BCUT2D eigenvalue weighted by atomic mass is 19.4. The molecule has 0 aromatic heterocycles. The van der Waals surface area contributed by atoms with Gasteiger partial charge >= 0.3 is 6.18 Å². The number of hydrogen-bond acceptors (Lipinski definition) is 5. The number of alkyl halides is 3. The van der Waals surface area contributed by atoms with E-state index in [0.29, 0.717) is 30.4 Å². The molecule has 2 saturated carbocycles. The minimum Gasteiger partial charge on any atom is -0.497 e. The number of allylic oxidation sites excluding steroid dienone is 2. The van der Waals surface area contributed by atoms with Gasteiger partial charge in [0, 0.05) is 24.2 Å². The fourth-order valence-corrected chi connectivity index (χ4v) is 5.88. The van der Waals surface area contributed by atoms with E-state index in [0.717, 1.165) is 29.0 Å². The Balaban J connectivity index is 0.000000187. The summed E-state index contributed by atoms with van der Waals surface area (Å²) in [7, 11) is 1.60. The smallest absolute Gasteiger partial charge is 0.416 e.